The summed E-state index contributed by atoms with van der Waals surface area (Å²) in [6.45, 7) is 2.16. The van der Waals surface area contributed by atoms with Gasteiger partial charge < -0.3 is 9.26 Å². The number of aromatic nitrogens is 2. The first-order valence-electron chi connectivity index (χ1n) is 6.16. The van der Waals surface area contributed by atoms with Crippen LogP contribution in [-0.4, -0.2) is 17.3 Å². The van der Waals surface area contributed by atoms with Crippen LogP contribution in [0, 0.1) is 0 Å². The summed E-state index contributed by atoms with van der Waals surface area (Å²) >= 11 is 0. The highest BCUT2D eigenvalue weighted by Gasteiger charge is 2.44. The molecule has 0 unspecified atom stereocenters. The van der Waals surface area contributed by atoms with Gasteiger partial charge in [-0.15, -0.1) is 0 Å². The number of ether oxygens (including phenoxy) is 1. The molecule has 4 heteroatoms. The van der Waals surface area contributed by atoms with Gasteiger partial charge in [0.15, 0.2) is 5.82 Å². The lowest BCUT2D eigenvalue weighted by molar-refractivity contribution is 0.349. The Morgan fingerprint density at radius 2 is 2.00 bits per heavy atom. The van der Waals surface area contributed by atoms with E-state index in [0.717, 1.165) is 35.9 Å². The molecular weight excluding hydrogens is 228 g/mol. The van der Waals surface area contributed by atoms with Crippen molar-refractivity contribution in [1.29, 1.82) is 0 Å². The van der Waals surface area contributed by atoms with E-state index < -0.39 is 0 Å². The average Bonchev–Trinajstić information content (AvgIpc) is 2.97. The van der Waals surface area contributed by atoms with Crippen LogP contribution in [0.2, 0.25) is 0 Å². The summed E-state index contributed by atoms with van der Waals surface area (Å²) in [5.74, 6) is 2.40. The van der Waals surface area contributed by atoms with Crippen LogP contribution in [0.5, 0.6) is 5.75 Å². The fraction of sp³-hybridized carbons (Fsp3) is 0.429. The molecular formula is C14H16N2O2. The van der Waals surface area contributed by atoms with Gasteiger partial charge in [0.05, 0.1) is 7.11 Å². The summed E-state index contributed by atoms with van der Waals surface area (Å²) in [4.78, 5) is 4.47. The fourth-order valence-corrected chi connectivity index (χ4v) is 1.90. The number of nitrogens with zero attached hydrogens (tertiary/aromatic N) is 2. The predicted molar refractivity (Wildman–Crippen MR) is 66.7 cm³/mol. The van der Waals surface area contributed by atoms with Gasteiger partial charge in [0.1, 0.15) is 5.75 Å². The first-order chi connectivity index (χ1) is 8.69. The van der Waals surface area contributed by atoms with Crippen LogP contribution in [-0.2, 0) is 11.8 Å². The second-order valence-corrected chi connectivity index (χ2v) is 5.10. The van der Waals surface area contributed by atoms with E-state index in [2.05, 4.69) is 17.1 Å². The van der Waals surface area contributed by atoms with Gasteiger partial charge in [-0.05, 0) is 30.5 Å². The smallest absolute Gasteiger partial charge is 0.232 e. The van der Waals surface area contributed by atoms with E-state index in [9.17, 15) is 0 Å². The minimum absolute atomic E-state index is 0.144. The second kappa shape index (κ2) is 4.12. The molecule has 0 amide bonds. The highest BCUT2D eigenvalue weighted by atomic mass is 16.5. The Morgan fingerprint density at radius 3 is 2.61 bits per heavy atom. The van der Waals surface area contributed by atoms with Gasteiger partial charge in [0, 0.05) is 11.8 Å². The second-order valence-electron chi connectivity index (χ2n) is 5.10. The minimum atomic E-state index is 0.144. The lowest BCUT2D eigenvalue weighted by Crippen LogP contribution is -2.00. The maximum Gasteiger partial charge on any atom is 0.232 e. The highest BCUT2D eigenvalue weighted by Crippen LogP contribution is 2.46. The van der Waals surface area contributed by atoms with Crippen molar-refractivity contribution in [2.24, 2.45) is 0 Å². The Hall–Kier alpha value is -1.84. The minimum Gasteiger partial charge on any atom is -0.497 e. The molecule has 0 bridgehead atoms. The molecule has 1 aliphatic rings. The fourth-order valence-electron chi connectivity index (χ4n) is 1.90. The van der Waals surface area contributed by atoms with Crippen molar-refractivity contribution >= 4 is 0 Å². The Bertz CT molecular complexity index is 541. The van der Waals surface area contributed by atoms with Crippen molar-refractivity contribution in [3.8, 4) is 5.75 Å². The molecule has 1 aromatic carbocycles. The van der Waals surface area contributed by atoms with Crippen LogP contribution in [0.4, 0.5) is 0 Å². The predicted octanol–water partition coefficient (Wildman–Crippen LogP) is 2.72. The molecule has 4 nitrogen and oxygen atoms in total. The van der Waals surface area contributed by atoms with Crippen molar-refractivity contribution < 1.29 is 9.26 Å². The van der Waals surface area contributed by atoms with E-state index in [4.69, 9.17) is 9.26 Å². The maximum absolute atomic E-state index is 5.32. The zero-order valence-corrected chi connectivity index (χ0v) is 10.6. The monoisotopic (exact) mass is 244 g/mol. The summed E-state index contributed by atoms with van der Waals surface area (Å²) in [6.07, 6.45) is 3.00. The summed E-state index contributed by atoms with van der Waals surface area (Å²) in [5, 5.41) is 4.04. The first-order valence-corrected chi connectivity index (χ1v) is 6.16. The van der Waals surface area contributed by atoms with Gasteiger partial charge in [0.25, 0.3) is 0 Å². The summed E-state index contributed by atoms with van der Waals surface area (Å²) in [7, 11) is 1.66. The molecule has 0 radical (unpaired) electrons. The third kappa shape index (κ3) is 2.10. The van der Waals surface area contributed by atoms with Gasteiger partial charge in [-0.25, -0.2) is 0 Å². The Kier molecular flexibility index (Phi) is 2.58. The van der Waals surface area contributed by atoms with E-state index in [1.54, 1.807) is 7.11 Å². The zero-order valence-electron chi connectivity index (χ0n) is 10.6. The van der Waals surface area contributed by atoms with Crippen molar-refractivity contribution in [3.63, 3.8) is 0 Å². The lowest BCUT2D eigenvalue weighted by atomic mass is 10.1. The van der Waals surface area contributed by atoms with Crippen molar-refractivity contribution in [3.05, 3.63) is 41.5 Å². The van der Waals surface area contributed by atoms with Gasteiger partial charge in [-0.2, -0.15) is 4.98 Å². The maximum atomic E-state index is 5.32. The van der Waals surface area contributed by atoms with E-state index in [1.165, 1.54) is 0 Å². The van der Waals surface area contributed by atoms with Gasteiger partial charge >= 0.3 is 0 Å². The molecule has 1 fully saturated rings. The summed E-state index contributed by atoms with van der Waals surface area (Å²) in [5.41, 5.74) is 1.30. The van der Waals surface area contributed by atoms with E-state index in [0.29, 0.717) is 6.42 Å². The lowest BCUT2D eigenvalue weighted by Gasteiger charge is -2.00. The van der Waals surface area contributed by atoms with Gasteiger partial charge in [-0.1, -0.05) is 24.2 Å². The summed E-state index contributed by atoms with van der Waals surface area (Å²) < 4.78 is 10.4. The molecule has 1 aliphatic carbocycles. The van der Waals surface area contributed by atoms with Crippen LogP contribution < -0.4 is 4.74 Å². The number of rotatable bonds is 4. The van der Waals surface area contributed by atoms with Crippen molar-refractivity contribution in [2.45, 2.75) is 31.6 Å². The van der Waals surface area contributed by atoms with Gasteiger partial charge in [0.2, 0.25) is 5.89 Å². The standard InChI is InChI=1S/C14H16N2O2/c1-14(7-8-14)13-15-12(16-18-13)9-10-3-5-11(17-2)6-4-10/h3-6H,7-9H2,1-2H3. The molecule has 3 rings (SSSR count). The van der Waals surface area contributed by atoms with Crippen LogP contribution >= 0.6 is 0 Å². The molecule has 1 heterocycles. The van der Waals surface area contributed by atoms with Crippen molar-refractivity contribution in [2.75, 3.05) is 7.11 Å². The molecule has 0 spiro atoms. The van der Waals surface area contributed by atoms with Gasteiger partial charge in [-0.3, -0.25) is 0 Å². The molecule has 2 aromatic rings. The molecule has 0 saturated heterocycles. The van der Waals surface area contributed by atoms with Crippen LogP contribution in [0.1, 0.15) is 37.0 Å². The zero-order chi connectivity index (χ0) is 12.6. The number of hydrogen-bond donors (Lipinski definition) is 0. The Balaban J connectivity index is 1.73. The number of hydrogen-bond acceptors (Lipinski definition) is 4. The van der Waals surface area contributed by atoms with Crippen molar-refractivity contribution in [1.82, 2.24) is 10.1 Å². The van der Waals surface area contributed by atoms with E-state index in [1.807, 2.05) is 24.3 Å². The average molecular weight is 244 g/mol. The number of benzene rings is 1. The van der Waals surface area contributed by atoms with Crippen LogP contribution in [0.15, 0.2) is 28.8 Å². The van der Waals surface area contributed by atoms with Crippen LogP contribution in [0.3, 0.4) is 0 Å². The quantitative estimate of drug-likeness (QED) is 0.829. The van der Waals surface area contributed by atoms with E-state index in [-0.39, 0.29) is 5.41 Å². The Labute approximate surface area is 106 Å². The highest BCUT2D eigenvalue weighted by molar-refractivity contribution is 5.28. The van der Waals surface area contributed by atoms with E-state index >= 15 is 0 Å². The SMILES string of the molecule is COc1ccc(Cc2noc(C3(C)CC3)n2)cc1. The molecule has 18 heavy (non-hydrogen) atoms. The molecule has 0 atom stereocenters. The molecule has 1 aromatic heterocycles. The summed E-state index contributed by atoms with van der Waals surface area (Å²) in [6, 6.07) is 7.93. The van der Waals surface area contributed by atoms with Crippen LogP contribution in [0.25, 0.3) is 0 Å². The molecule has 1 saturated carbocycles. The third-order valence-corrected chi connectivity index (χ3v) is 3.51. The molecule has 94 valence electrons. The third-order valence-electron chi connectivity index (χ3n) is 3.51. The first kappa shape index (κ1) is 11.3. The number of methoxy groups -OCH3 is 1. The molecule has 0 aliphatic heterocycles. The molecule has 0 N–H and O–H groups in total. The largest absolute Gasteiger partial charge is 0.497 e. The normalized spacial score (nSPS) is 16.6. The Morgan fingerprint density at radius 1 is 1.28 bits per heavy atom. The topological polar surface area (TPSA) is 48.2 Å².